The number of carboxylic acid groups (broad SMARTS) is 1. The van der Waals surface area contributed by atoms with E-state index in [1.807, 2.05) is 0 Å². The van der Waals surface area contributed by atoms with Gasteiger partial charge in [-0.1, -0.05) is 6.07 Å². The molecule has 18 heavy (non-hydrogen) atoms. The van der Waals surface area contributed by atoms with Gasteiger partial charge in [-0.05, 0) is 31.4 Å². The van der Waals surface area contributed by atoms with Crippen molar-refractivity contribution in [2.75, 3.05) is 18.9 Å². The first-order valence-corrected chi connectivity index (χ1v) is 6.04. The third-order valence-corrected chi connectivity index (χ3v) is 2.96. The Balaban J connectivity index is 2.05. The predicted molar refractivity (Wildman–Crippen MR) is 66.9 cm³/mol. The summed E-state index contributed by atoms with van der Waals surface area (Å²) in [5, 5.41) is 9.06. The van der Waals surface area contributed by atoms with E-state index < -0.39 is 5.97 Å². The van der Waals surface area contributed by atoms with Gasteiger partial charge in [0.25, 0.3) is 0 Å². The second-order valence-corrected chi connectivity index (χ2v) is 4.33. The Bertz CT molecular complexity index is 427. The van der Waals surface area contributed by atoms with Crippen LogP contribution in [0.1, 0.15) is 29.6 Å². The van der Waals surface area contributed by atoms with E-state index >= 15 is 0 Å². The van der Waals surface area contributed by atoms with Crippen LogP contribution in [0.4, 0.5) is 5.69 Å². The molecule has 98 valence electrons. The third-order valence-electron chi connectivity index (χ3n) is 2.96. The van der Waals surface area contributed by atoms with Crippen molar-refractivity contribution in [2.45, 2.75) is 25.4 Å². The van der Waals surface area contributed by atoms with E-state index in [4.69, 9.17) is 20.3 Å². The molecule has 1 atom stereocenters. The van der Waals surface area contributed by atoms with Crippen LogP contribution in [0.2, 0.25) is 0 Å². The van der Waals surface area contributed by atoms with Gasteiger partial charge in [-0.3, -0.25) is 0 Å². The maximum absolute atomic E-state index is 11.1. The molecule has 0 radical (unpaired) electrons. The minimum Gasteiger partial charge on any atom is -0.488 e. The summed E-state index contributed by atoms with van der Waals surface area (Å²) >= 11 is 0. The Hall–Kier alpha value is -1.75. The Morgan fingerprint density at radius 2 is 2.33 bits per heavy atom. The van der Waals surface area contributed by atoms with Crippen molar-refractivity contribution in [1.82, 2.24) is 0 Å². The molecule has 0 saturated carbocycles. The van der Waals surface area contributed by atoms with Crippen molar-refractivity contribution in [3.05, 3.63) is 23.8 Å². The second-order valence-electron chi connectivity index (χ2n) is 4.33. The van der Waals surface area contributed by atoms with E-state index in [0.717, 1.165) is 25.9 Å². The maximum Gasteiger partial charge on any atom is 0.339 e. The fourth-order valence-electron chi connectivity index (χ4n) is 2.00. The van der Waals surface area contributed by atoms with E-state index in [9.17, 15) is 4.79 Å². The molecule has 1 unspecified atom stereocenters. The largest absolute Gasteiger partial charge is 0.488 e. The summed E-state index contributed by atoms with van der Waals surface area (Å²) in [6.07, 6.45) is 3.16. The molecular formula is C13H17NO4. The lowest BCUT2D eigenvalue weighted by Crippen LogP contribution is -2.26. The number of hydrogen-bond donors (Lipinski definition) is 2. The van der Waals surface area contributed by atoms with Crippen molar-refractivity contribution < 1.29 is 19.4 Å². The minimum absolute atomic E-state index is 0.0278. The van der Waals surface area contributed by atoms with E-state index in [-0.39, 0.29) is 17.4 Å². The number of hydrogen-bond acceptors (Lipinski definition) is 4. The molecular weight excluding hydrogens is 234 g/mol. The highest BCUT2D eigenvalue weighted by Gasteiger charge is 2.18. The molecule has 0 aromatic heterocycles. The fraction of sp³-hybridized carbons (Fsp3) is 0.462. The van der Waals surface area contributed by atoms with Crippen LogP contribution in [0.5, 0.6) is 5.75 Å². The number of benzene rings is 1. The summed E-state index contributed by atoms with van der Waals surface area (Å²) in [5.74, 6) is -0.805. The summed E-state index contributed by atoms with van der Waals surface area (Å²) < 4.78 is 11.1. The molecule has 0 spiro atoms. The van der Waals surface area contributed by atoms with Gasteiger partial charge < -0.3 is 20.3 Å². The summed E-state index contributed by atoms with van der Waals surface area (Å²) in [4.78, 5) is 11.1. The number of carboxylic acids is 1. The number of para-hydroxylation sites is 1. The molecule has 0 bridgehead atoms. The standard InChI is InChI=1S/C13H17NO4/c14-11-6-3-5-10(13(15)16)12(11)18-8-9-4-1-2-7-17-9/h3,5-6,9H,1-2,4,7-8,14H2,(H,15,16). The number of rotatable bonds is 4. The van der Waals surface area contributed by atoms with E-state index in [1.165, 1.54) is 6.07 Å². The highest BCUT2D eigenvalue weighted by Crippen LogP contribution is 2.27. The maximum atomic E-state index is 11.1. The van der Waals surface area contributed by atoms with Gasteiger partial charge in [0.15, 0.2) is 5.75 Å². The average molecular weight is 251 g/mol. The fourth-order valence-corrected chi connectivity index (χ4v) is 2.00. The van der Waals surface area contributed by atoms with Gasteiger partial charge in [-0.25, -0.2) is 4.79 Å². The molecule has 1 fully saturated rings. The number of nitrogen functional groups attached to an aromatic ring is 1. The smallest absolute Gasteiger partial charge is 0.339 e. The van der Waals surface area contributed by atoms with Crippen molar-refractivity contribution in [2.24, 2.45) is 0 Å². The van der Waals surface area contributed by atoms with Gasteiger partial charge in [0.2, 0.25) is 0 Å². The normalized spacial score (nSPS) is 19.4. The molecule has 1 aromatic rings. The zero-order valence-electron chi connectivity index (χ0n) is 10.1. The molecule has 1 aliphatic rings. The number of ether oxygens (including phenoxy) is 2. The van der Waals surface area contributed by atoms with Crippen molar-refractivity contribution in [3.63, 3.8) is 0 Å². The summed E-state index contributed by atoms with van der Waals surface area (Å²) in [6, 6.07) is 4.71. The Morgan fingerprint density at radius 1 is 1.50 bits per heavy atom. The topological polar surface area (TPSA) is 81.8 Å². The van der Waals surface area contributed by atoms with Crippen LogP contribution >= 0.6 is 0 Å². The number of carbonyl (C=O) groups is 1. The highest BCUT2D eigenvalue weighted by molar-refractivity contribution is 5.93. The van der Waals surface area contributed by atoms with Gasteiger partial charge in [0, 0.05) is 6.61 Å². The van der Waals surface area contributed by atoms with Crippen LogP contribution < -0.4 is 10.5 Å². The Morgan fingerprint density at radius 3 is 3.00 bits per heavy atom. The van der Waals surface area contributed by atoms with Crippen LogP contribution in [-0.4, -0.2) is 30.4 Å². The number of anilines is 1. The molecule has 1 aromatic carbocycles. The lowest BCUT2D eigenvalue weighted by Gasteiger charge is -2.23. The zero-order chi connectivity index (χ0) is 13.0. The molecule has 5 nitrogen and oxygen atoms in total. The van der Waals surface area contributed by atoms with Gasteiger partial charge >= 0.3 is 5.97 Å². The van der Waals surface area contributed by atoms with Crippen molar-refractivity contribution in [1.29, 1.82) is 0 Å². The molecule has 0 aliphatic carbocycles. The van der Waals surface area contributed by atoms with Crippen LogP contribution in [-0.2, 0) is 4.74 Å². The molecule has 1 aliphatic heterocycles. The first-order valence-electron chi connectivity index (χ1n) is 6.04. The van der Waals surface area contributed by atoms with Crippen LogP contribution in [0.15, 0.2) is 18.2 Å². The SMILES string of the molecule is Nc1cccc(C(=O)O)c1OCC1CCCCO1. The van der Waals surface area contributed by atoms with Gasteiger partial charge in [-0.2, -0.15) is 0 Å². The van der Waals surface area contributed by atoms with E-state index in [0.29, 0.717) is 12.3 Å². The summed E-state index contributed by atoms with van der Waals surface area (Å²) in [5.41, 5.74) is 6.17. The Labute approximate surface area is 106 Å². The molecule has 1 heterocycles. The molecule has 5 heteroatoms. The van der Waals surface area contributed by atoms with Crippen molar-refractivity contribution >= 4 is 11.7 Å². The van der Waals surface area contributed by atoms with E-state index in [1.54, 1.807) is 12.1 Å². The summed E-state index contributed by atoms with van der Waals surface area (Å²) in [6.45, 7) is 1.08. The lowest BCUT2D eigenvalue weighted by atomic mass is 10.1. The molecule has 0 amide bonds. The van der Waals surface area contributed by atoms with E-state index in [2.05, 4.69) is 0 Å². The highest BCUT2D eigenvalue weighted by atomic mass is 16.5. The second kappa shape index (κ2) is 5.73. The monoisotopic (exact) mass is 251 g/mol. The van der Waals surface area contributed by atoms with Crippen LogP contribution in [0, 0.1) is 0 Å². The van der Waals surface area contributed by atoms with Crippen molar-refractivity contribution in [3.8, 4) is 5.75 Å². The van der Waals surface area contributed by atoms with Crippen LogP contribution in [0.3, 0.4) is 0 Å². The molecule has 2 rings (SSSR count). The predicted octanol–water partition coefficient (Wildman–Crippen LogP) is 1.91. The van der Waals surface area contributed by atoms with Crippen LogP contribution in [0.25, 0.3) is 0 Å². The molecule has 1 saturated heterocycles. The lowest BCUT2D eigenvalue weighted by molar-refractivity contribution is -0.0111. The minimum atomic E-state index is -1.04. The first kappa shape index (κ1) is 12.7. The number of aromatic carboxylic acids is 1. The first-order chi connectivity index (χ1) is 8.68. The average Bonchev–Trinajstić information content (AvgIpc) is 2.38. The van der Waals surface area contributed by atoms with Gasteiger partial charge in [-0.15, -0.1) is 0 Å². The molecule has 3 N–H and O–H groups in total. The quantitative estimate of drug-likeness (QED) is 0.799. The number of nitrogens with two attached hydrogens (primary N) is 1. The van der Waals surface area contributed by atoms with Gasteiger partial charge in [0.05, 0.1) is 11.8 Å². The summed E-state index contributed by atoms with van der Waals surface area (Å²) in [7, 11) is 0. The zero-order valence-corrected chi connectivity index (χ0v) is 10.1. The Kier molecular flexibility index (Phi) is 4.04. The van der Waals surface area contributed by atoms with Gasteiger partial charge in [0.1, 0.15) is 12.2 Å². The third kappa shape index (κ3) is 2.92.